The topological polar surface area (TPSA) is 82.1 Å². The highest BCUT2D eigenvalue weighted by Crippen LogP contribution is 2.29. The van der Waals surface area contributed by atoms with Gasteiger partial charge < -0.3 is 19.3 Å². The highest BCUT2D eigenvalue weighted by Gasteiger charge is 2.27. The van der Waals surface area contributed by atoms with Crippen LogP contribution in [0.4, 0.5) is 0 Å². The van der Waals surface area contributed by atoms with E-state index < -0.39 is 11.4 Å². The molecule has 0 aliphatic carbocycles. The summed E-state index contributed by atoms with van der Waals surface area (Å²) in [6.45, 7) is 5.30. The minimum absolute atomic E-state index is 0.219. The number of hydrogen-bond acceptors (Lipinski definition) is 5. The molecule has 126 valence electrons. The SMILES string of the molecule is CCC(C)(C)C(=O)OCOc1ccc(/C=C/C(=O)O)cc1OC. The van der Waals surface area contributed by atoms with Crippen molar-refractivity contribution in [2.24, 2.45) is 5.41 Å². The van der Waals surface area contributed by atoms with Gasteiger partial charge in [0.05, 0.1) is 12.5 Å². The van der Waals surface area contributed by atoms with Crippen LogP contribution in [0.5, 0.6) is 11.5 Å². The van der Waals surface area contributed by atoms with Crippen LogP contribution in [0.3, 0.4) is 0 Å². The van der Waals surface area contributed by atoms with Crippen LogP contribution in [0.15, 0.2) is 24.3 Å². The first-order valence-corrected chi connectivity index (χ1v) is 7.19. The molecule has 0 bridgehead atoms. The molecule has 0 heterocycles. The van der Waals surface area contributed by atoms with Crippen LogP contribution < -0.4 is 9.47 Å². The normalized spacial score (nSPS) is 11.3. The zero-order valence-electron chi connectivity index (χ0n) is 13.8. The first-order chi connectivity index (χ1) is 10.8. The molecule has 1 aromatic carbocycles. The van der Waals surface area contributed by atoms with E-state index in [9.17, 15) is 9.59 Å². The van der Waals surface area contributed by atoms with Crippen molar-refractivity contribution in [3.8, 4) is 11.5 Å². The minimum Gasteiger partial charge on any atom is -0.493 e. The standard InChI is InChI=1S/C17H22O6/c1-5-17(2,3)16(20)23-11-22-13-8-6-12(7-9-15(18)19)10-14(13)21-4/h6-10H,5,11H2,1-4H3,(H,18,19)/b9-7+. The Kier molecular flexibility index (Phi) is 6.63. The summed E-state index contributed by atoms with van der Waals surface area (Å²) < 4.78 is 15.7. The molecular formula is C17H22O6. The Morgan fingerprint density at radius 1 is 1.26 bits per heavy atom. The van der Waals surface area contributed by atoms with Gasteiger partial charge in [-0.15, -0.1) is 0 Å². The van der Waals surface area contributed by atoms with Crippen LogP contribution in [-0.2, 0) is 14.3 Å². The van der Waals surface area contributed by atoms with Gasteiger partial charge in [0.25, 0.3) is 0 Å². The number of carbonyl (C=O) groups is 2. The van der Waals surface area contributed by atoms with E-state index in [4.69, 9.17) is 19.3 Å². The fraction of sp³-hybridized carbons (Fsp3) is 0.412. The number of benzene rings is 1. The molecule has 0 unspecified atom stereocenters. The summed E-state index contributed by atoms with van der Waals surface area (Å²) in [6, 6.07) is 4.93. The molecule has 0 aromatic heterocycles. The first-order valence-electron chi connectivity index (χ1n) is 7.19. The van der Waals surface area contributed by atoms with E-state index >= 15 is 0 Å². The van der Waals surface area contributed by atoms with Crippen LogP contribution >= 0.6 is 0 Å². The van der Waals surface area contributed by atoms with E-state index in [0.717, 1.165) is 6.08 Å². The smallest absolute Gasteiger partial charge is 0.328 e. The van der Waals surface area contributed by atoms with Gasteiger partial charge in [-0.3, -0.25) is 4.79 Å². The molecule has 0 fully saturated rings. The number of rotatable bonds is 8. The van der Waals surface area contributed by atoms with Crippen LogP contribution in [-0.4, -0.2) is 30.9 Å². The van der Waals surface area contributed by atoms with E-state index in [2.05, 4.69) is 0 Å². The van der Waals surface area contributed by atoms with E-state index in [1.54, 1.807) is 32.0 Å². The monoisotopic (exact) mass is 322 g/mol. The highest BCUT2D eigenvalue weighted by atomic mass is 16.7. The molecule has 0 saturated heterocycles. The summed E-state index contributed by atoms with van der Waals surface area (Å²) >= 11 is 0. The van der Waals surface area contributed by atoms with E-state index in [-0.39, 0.29) is 12.8 Å². The minimum atomic E-state index is -1.03. The Morgan fingerprint density at radius 2 is 1.96 bits per heavy atom. The maximum absolute atomic E-state index is 11.8. The highest BCUT2D eigenvalue weighted by molar-refractivity contribution is 5.85. The lowest BCUT2D eigenvalue weighted by molar-refractivity contribution is -0.160. The Labute approximate surface area is 135 Å². The summed E-state index contributed by atoms with van der Waals surface area (Å²) in [7, 11) is 1.47. The van der Waals surface area contributed by atoms with Crippen molar-refractivity contribution in [3.63, 3.8) is 0 Å². The third-order valence-corrected chi connectivity index (χ3v) is 3.45. The molecule has 0 radical (unpaired) electrons. The molecule has 6 nitrogen and oxygen atoms in total. The Bertz CT molecular complexity index is 589. The van der Waals surface area contributed by atoms with Gasteiger partial charge in [0.2, 0.25) is 6.79 Å². The number of carboxylic acids is 1. The van der Waals surface area contributed by atoms with Gasteiger partial charge in [-0.25, -0.2) is 4.79 Å². The van der Waals surface area contributed by atoms with Gasteiger partial charge in [-0.05, 0) is 44.0 Å². The van der Waals surface area contributed by atoms with E-state index in [1.807, 2.05) is 6.92 Å². The zero-order valence-corrected chi connectivity index (χ0v) is 13.8. The summed E-state index contributed by atoms with van der Waals surface area (Å²) in [5, 5.41) is 8.62. The predicted octanol–water partition coefficient (Wildman–Crippen LogP) is 3.11. The summed E-state index contributed by atoms with van der Waals surface area (Å²) in [5.74, 6) is -0.542. The largest absolute Gasteiger partial charge is 0.493 e. The van der Waals surface area contributed by atoms with Crippen LogP contribution in [0, 0.1) is 5.41 Å². The lowest BCUT2D eigenvalue weighted by Crippen LogP contribution is -2.27. The molecule has 1 aromatic rings. The molecule has 0 aliphatic rings. The predicted molar refractivity (Wildman–Crippen MR) is 85.3 cm³/mol. The maximum Gasteiger partial charge on any atom is 0.328 e. The van der Waals surface area contributed by atoms with Crippen LogP contribution in [0.2, 0.25) is 0 Å². The molecule has 1 rings (SSSR count). The number of carbonyl (C=O) groups excluding carboxylic acids is 1. The van der Waals surface area contributed by atoms with Crippen molar-refractivity contribution in [2.75, 3.05) is 13.9 Å². The van der Waals surface area contributed by atoms with Gasteiger partial charge in [0, 0.05) is 6.08 Å². The van der Waals surface area contributed by atoms with Crippen molar-refractivity contribution in [3.05, 3.63) is 29.8 Å². The summed E-state index contributed by atoms with van der Waals surface area (Å²) in [5.41, 5.74) is 0.0968. The lowest BCUT2D eigenvalue weighted by atomic mass is 9.91. The molecule has 0 atom stereocenters. The van der Waals surface area contributed by atoms with Gasteiger partial charge in [-0.2, -0.15) is 0 Å². The van der Waals surface area contributed by atoms with E-state index in [1.165, 1.54) is 13.2 Å². The Morgan fingerprint density at radius 3 is 2.52 bits per heavy atom. The second-order valence-electron chi connectivity index (χ2n) is 5.51. The maximum atomic E-state index is 11.8. The number of esters is 1. The van der Waals surface area contributed by atoms with Crippen molar-refractivity contribution in [2.45, 2.75) is 27.2 Å². The number of hydrogen-bond donors (Lipinski definition) is 1. The summed E-state index contributed by atoms with van der Waals surface area (Å²) in [4.78, 5) is 22.4. The molecule has 0 amide bonds. The van der Waals surface area contributed by atoms with Gasteiger partial charge in [-0.1, -0.05) is 13.0 Å². The first kappa shape index (κ1) is 18.5. The molecule has 1 N–H and O–H groups in total. The van der Waals surface area contributed by atoms with Gasteiger partial charge >= 0.3 is 11.9 Å². The van der Waals surface area contributed by atoms with Gasteiger partial charge in [0.1, 0.15) is 0 Å². The average Bonchev–Trinajstić information content (AvgIpc) is 2.53. The number of aliphatic carboxylic acids is 1. The molecular weight excluding hydrogens is 300 g/mol. The van der Waals surface area contributed by atoms with Gasteiger partial charge in [0.15, 0.2) is 11.5 Å². The van der Waals surface area contributed by atoms with Crippen molar-refractivity contribution < 1.29 is 28.9 Å². The molecule has 0 aliphatic heterocycles. The van der Waals surface area contributed by atoms with Crippen LogP contribution in [0.1, 0.15) is 32.8 Å². The lowest BCUT2D eigenvalue weighted by Gasteiger charge is -2.20. The third-order valence-electron chi connectivity index (χ3n) is 3.45. The molecule has 0 saturated carbocycles. The molecule has 0 spiro atoms. The quantitative estimate of drug-likeness (QED) is 0.450. The Balaban J connectivity index is 2.70. The Hall–Kier alpha value is -2.50. The molecule has 6 heteroatoms. The fourth-order valence-electron chi connectivity index (χ4n) is 1.56. The molecule has 23 heavy (non-hydrogen) atoms. The van der Waals surface area contributed by atoms with E-state index in [0.29, 0.717) is 23.5 Å². The third kappa shape index (κ3) is 5.65. The van der Waals surface area contributed by atoms with Crippen LogP contribution in [0.25, 0.3) is 6.08 Å². The van der Waals surface area contributed by atoms with Crippen molar-refractivity contribution in [1.29, 1.82) is 0 Å². The van der Waals surface area contributed by atoms with Crippen molar-refractivity contribution >= 4 is 18.0 Å². The average molecular weight is 322 g/mol. The second kappa shape index (κ2) is 8.22. The second-order valence-corrected chi connectivity index (χ2v) is 5.51. The fourth-order valence-corrected chi connectivity index (χ4v) is 1.56. The number of carboxylic acid groups (broad SMARTS) is 1. The summed E-state index contributed by atoms with van der Waals surface area (Å²) in [6.07, 6.45) is 3.14. The number of methoxy groups -OCH3 is 1. The van der Waals surface area contributed by atoms with Crippen molar-refractivity contribution in [1.82, 2.24) is 0 Å². The number of ether oxygens (including phenoxy) is 3. The zero-order chi connectivity index (χ0) is 17.5.